The van der Waals surface area contributed by atoms with Crippen LogP contribution >= 0.6 is 0 Å². The number of anilines is 1. The van der Waals surface area contributed by atoms with Crippen LogP contribution in [0.4, 0.5) is 5.69 Å². The molecule has 2 aromatic rings. The average molecular weight is 461 g/mol. The van der Waals surface area contributed by atoms with E-state index < -0.39 is 10.0 Å². The van der Waals surface area contributed by atoms with Gasteiger partial charge >= 0.3 is 0 Å². The number of fused-ring (bicyclic) bond motifs is 1. The van der Waals surface area contributed by atoms with Crippen molar-refractivity contribution < 1.29 is 27.4 Å². The molecular formula is C23H28N2O6S. The zero-order chi connectivity index (χ0) is 22.9. The second kappa shape index (κ2) is 8.73. The van der Waals surface area contributed by atoms with E-state index in [-0.39, 0.29) is 23.0 Å². The molecule has 0 unspecified atom stereocenters. The summed E-state index contributed by atoms with van der Waals surface area (Å²) < 4.78 is 44.2. The van der Waals surface area contributed by atoms with Crippen molar-refractivity contribution in [3.05, 3.63) is 47.5 Å². The second-order valence-corrected chi connectivity index (χ2v) is 10.6. The van der Waals surface area contributed by atoms with Gasteiger partial charge in [-0.25, -0.2) is 8.42 Å². The van der Waals surface area contributed by atoms with Crippen LogP contribution in [0.15, 0.2) is 41.3 Å². The summed E-state index contributed by atoms with van der Waals surface area (Å²) in [6, 6.07) is 10.4. The lowest BCUT2D eigenvalue weighted by molar-refractivity contribution is -0.118. The molecule has 1 saturated heterocycles. The largest absolute Gasteiger partial charge is 0.483 e. The Bertz CT molecular complexity index is 1120. The lowest BCUT2D eigenvalue weighted by Gasteiger charge is -2.26. The van der Waals surface area contributed by atoms with Gasteiger partial charge in [-0.2, -0.15) is 4.31 Å². The molecule has 2 heterocycles. The van der Waals surface area contributed by atoms with Crippen molar-refractivity contribution >= 4 is 21.6 Å². The van der Waals surface area contributed by atoms with E-state index in [1.54, 1.807) is 18.2 Å². The monoisotopic (exact) mass is 460 g/mol. The second-order valence-electron chi connectivity index (χ2n) is 8.61. The lowest BCUT2D eigenvalue weighted by atomic mass is 10.0. The molecule has 1 fully saturated rings. The van der Waals surface area contributed by atoms with Gasteiger partial charge in [0.2, 0.25) is 10.0 Å². The van der Waals surface area contributed by atoms with Crippen molar-refractivity contribution in [2.45, 2.75) is 37.7 Å². The van der Waals surface area contributed by atoms with Gasteiger partial charge in [-0.05, 0) is 44.5 Å². The van der Waals surface area contributed by atoms with Gasteiger partial charge in [0.05, 0.1) is 18.1 Å². The zero-order valence-electron chi connectivity index (χ0n) is 18.5. The normalized spacial score (nSPS) is 18.0. The molecule has 32 heavy (non-hydrogen) atoms. The van der Waals surface area contributed by atoms with Crippen molar-refractivity contribution in [2.24, 2.45) is 0 Å². The Morgan fingerprint density at radius 2 is 1.94 bits per heavy atom. The number of morpholine rings is 1. The standard InChI is InChI=1S/C23H28N2O6S/c1-16-7-8-18(32(27,28)25-9-11-29-12-10-25)13-19(16)24-21(26)15-30-20-6-4-5-17-14-23(2,3)31-22(17)20/h4-8,13H,9-12,14-15H2,1-3H3,(H,24,26). The van der Waals surface area contributed by atoms with E-state index in [0.29, 0.717) is 43.5 Å². The molecule has 0 bridgehead atoms. The summed E-state index contributed by atoms with van der Waals surface area (Å²) >= 11 is 0. The van der Waals surface area contributed by atoms with Gasteiger partial charge in [-0.15, -0.1) is 0 Å². The third kappa shape index (κ3) is 4.74. The summed E-state index contributed by atoms with van der Waals surface area (Å²) in [6.07, 6.45) is 0.773. The molecule has 9 heteroatoms. The Morgan fingerprint density at radius 3 is 2.69 bits per heavy atom. The molecule has 2 aromatic carbocycles. The third-order valence-corrected chi connectivity index (χ3v) is 7.40. The molecule has 0 aliphatic carbocycles. The van der Waals surface area contributed by atoms with Crippen LogP contribution in [0, 0.1) is 6.92 Å². The first kappa shape index (κ1) is 22.6. The van der Waals surface area contributed by atoms with Crippen LogP contribution in [-0.2, 0) is 26.0 Å². The van der Waals surface area contributed by atoms with Crippen molar-refractivity contribution in [1.82, 2.24) is 4.31 Å². The Hall–Kier alpha value is -2.62. The van der Waals surface area contributed by atoms with E-state index in [2.05, 4.69) is 5.32 Å². The molecule has 172 valence electrons. The minimum atomic E-state index is -3.66. The number of benzene rings is 2. The summed E-state index contributed by atoms with van der Waals surface area (Å²) in [5.74, 6) is 0.799. The molecule has 2 aliphatic rings. The van der Waals surface area contributed by atoms with Gasteiger partial charge in [0.1, 0.15) is 5.60 Å². The molecule has 0 aromatic heterocycles. The fourth-order valence-corrected chi connectivity index (χ4v) is 5.30. The topological polar surface area (TPSA) is 94.2 Å². The van der Waals surface area contributed by atoms with Crippen molar-refractivity contribution in [3.63, 3.8) is 0 Å². The van der Waals surface area contributed by atoms with Crippen LogP contribution in [0.2, 0.25) is 0 Å². The molecular weight excluding hydrogens is 432 g/mol. The maximum Gasteiger partial charge on any atom is 0.262 e. The first-order valence-corrected chi connectivity index (χ1v) is 12.0. The first-order valence-electron chi connectivity index (χ1n) is 10.6. The van der Waals surface area contributed by atoms with E-state index in [4.69, 9.17) is 14.2 Å². The third-order valence-electron chi connectivity index (χ3n) is 5.50. The SMILES string of the molecule is Cc1ccc(S(=O)(=O)N2CCOCC2)cc1NC(=O)COc1cccc2c1OC(C)(C)C2. The number of nitrogens with zero attached hydrogens (tertiary/aromatic N) is 1. The van der Waals surface area contributed by atoms with Crippen LogP contribution in [0.3, 0.4) is 0 Å². The number of hydrogen-bond donors (Lipinski definition) is 1. The molecule has 1 amide bonds. The van der Waals surface area contributed by atoms with E-state index in [9.17, 15) is 13.2 Å². The number of para-hydroxylation sites is 1. The number of aryl methyl sites for hydroxylation is 1. The molecule has 0 spiro atoms. The van der Waals surface area contributed by atoms with E-state index in [1.807, 2.05) is 32.9 Å². The smallest absolute Gasteiger partial charge is 0.262 e. The highest BCUT2D eigenvalue weighted by Gasteiger charge is 2.32. The molecule has 1 N–H and O–H groups in total. The summed E-state index contributed by atoms with van der Waals surface area (Å²) in [7, 11) is -3.66. The van der Waals surface area contributed by atoms with E-state index >= 15 is 0 Å². The Morgan fingerprint density at radius 1 is 1.19 bits per heavy atom. The summed E-state index contributed by atoms with van der Waals surface area (Å²) in [4.78, 5) is 12.7. The van der Waals surface area contributed by atoms with Gasteiger partial charge in [0, 0.05) is 30.8 Å². The van der Waals surface area contributed by atoms with Crippen LogP contribution in [0.5, 0.6) is 11.5 Å². The molecule has 0 atom stereocenters. The lowest BCUT2D eigenvalue weighted by Crippen LogP contribution is -2.40. The van der Waals surface area contributed by atoms with Crippen LogP contribution in [-0.4, -0.2) is 57.1 Å². The highest BCUT2D eigenvalue weighted by molar-refractivity contribution is 7.89. The number of carbonyl (C=O) groups is 1. The Balaban J connectivity index is 1.44. The fourth-order valence-electron chi connectivity index (χ4n) is 3.86. The number of amides is 1. The first-order chi connectivity index (χ1) is 15.2. The Kier molecular flexibility index (Phi) is 6.15. The fraction of sp³-hybridized carbons (Fsp3) is 0.435. The number of nitrogens with one attached hydrogen (secondary N) is 1. The van der Waals surface area contributed by atoms with Gasteiger partial charge in [-0.1, -0.05) is 18.2 Å². The van der Waals surface area contributed by atoms with E-state index in [0.717, 1.165) is 17.5 Å². The molecule has 0 radical (unpaired) electrons. The zero-order valence-corrected chi connectivity index (χ0v) is 19.3. The summed E-state index contributed by atoms with van der Waals surface area (Å²) in [6.45, 7) is 6.96. The number of ether oxygens (including phenoxy) is 3. The quantitative estimate of drug-likeness (QED) is 0.713. The number of carbonyl (C=O) groups excluding carboxylic acids is 1. The Labute approximate surface area is 188 Å². The number of rotatable bonds is 6. The highest BCUT2D eigenvalue weighted by atomic mass is 32.2. The minimum absolute atomic E-state index is 0.137. The van der Waals surface area contributed by atoms with Crippen LogP contribution in [0.25, 0.3) is 0 Å². The maximum absolute atomic E-state index is 12.9. The van der Waals surface area contributed by atoms with Crippen LogP contribution < -0.4 is 14.8 Å². The summed E-state index contributed by atoms with van der Waals surface area (Å²) in [5, 5.41) is 2.77. The number of hydrogen-bond acceptors (Lipinski definition) is 6. The average Bonchev–Trinajstić information content (AvgIpc) is 3.08. The van der Waals surface area contributed by atoms with Crippen molar-refractivity contribution in [3.8, 4) is 11.5 Å². The van der Waals surface area contributed by atoms with E-state index in [1.165, 1.54) is 10.4 Å². The van der Waals surface area contributed by atoms with Gasteiger partial charge in [0.15, 0.2) is 18.1 Å². The predicted octanol–water partition coefficient (Wildman–Crippen LogP) is 2.75. The highest BCUT2D eigenvalue weighted by Crippen LogP contribution is 2.41. The molecule has 2 aliphatic heterocycles. The molecule has 0 saturated carbocycles. The van der Waals surface area contributed by atoms with Crippen molar-refractivity contribution in [2.75, 3.05) is 38.2 Å². The van der Waals surface area contributed by atoms with Gasteiger partial charge < -0.3 is 19.5 Å². The summed E-state index contributed by atoms with van der Waals surface area (Å²) in [5.41, 5.74) is 1.92. The minimum Gasteiger partial charge on any atom is -0.483 e. The maximum atomic E-state index is 12.9. The predicted molar refractivity (Wildman–Crippen MR) is 120 cm³/mol. The molecule has 4 rings (SSSR count). The van der Waals surface area contributed by atoms with Crippen molar-refractivity contribution in [1.29, 1.82) is 0 Å². The van der Waals surface area contributed by atoms with Gasteiger partial charge in [0.25, 0.3) is 5.91 Å². The molecule has 8 nitrogen and oxygen atoms in total. The van der Waals surface area contributed by atoms with Gasteiger partial charge in [-0.3, -0.25) is 4.79 Å². The van der Waals surface area contributed by atoms with Crippen LogP contribution in [0.1, 0.15) is 25.0 Å². The number of sulfonamides is 1.